The van der Waals surface area contributed by atoms with E-state index < -0.39 is 0 Å². The Morgan fingerprint density at radius 2 is 1.89 bits per heavy atom. The first-order valence-corrected chi connectivity index (χ1v) is 8.83. The molecule has 28 heavy (non-hydrogen) atoms. The number of carbonyl (C=O) groups excluding carboxylic acids is 1. The van der Waals surface area contributed by atoms with Crippen molar-refractivity contribution in [2.75, 3.05) is 0 Å². The predicted molar refractivity (Wildman–Crippen MR) is 109 cm³/mol. The summed E-state index contributed by atoms with van der Waals surface area (Å²) in [4.78, 5) is 14.5. The number of allylic oxidation sites excluding steroid dienone is 2. The summed E-state index contributed by atoms with van der Waals surface area (Å²) in [6, 6.07) is 13.6. The molecule has 3 aromatic rings. The minimum absolute atomic E-state index is 0. The van der Waals surface area contributed by atoms with Crippen LogP contribution in [0.4, 0.5) is 0 Å². The number of furan rings is 1. The Bertz CT molecular complexity index is 960. The molecular formula is C23H26IrNO3-. The maximum absolute atomic E-state index is 10.0. The maximum atomic E-state index is 10.0. The Morgan fingerprint density at radius 3 is 2.36 bits per heavy atom. The molecule has 0 saturated heterocycles. The third-order valence-corrected chi connectivity index (χ3v) is 3.91. The molecule has 0 amide bonds. The second kappa shape index (κ2) is 9.81. The van der Waals surface area contributed by atoms with E-state index >= 15 is 0 Å². The number of aromatic nitrogens is 1. The number of benzene rings is 1. The van der Waals surface area contributed by atoms with Crippen LogP contribution >= 0.6 is 0 Å². The second-order valence-electron chi connectivity index (χ2n) is 7.57. The van der Waals surface area contributed by atoms with E-state index in [0.717, 1.165) is 28.0 Å². The van der Waals surface area contributed by atoms with Gasteiger partial charge < -0.3 is 14.5 Å². The van der Waals surface area contributed by atoms with Gasteiger partial charge in [-0.1, -0.05) is 20.8 Å². The first-order valence-electron chi connectivity index (χ1n) is 8.83. The number of nitrogens with zero attached hydrogens (tertiary/aromatic N) is 1. The standard InChI is InChI=1S/C18H18NO.C5H8O2.Ir/c1-12-11-15-16(20-12)9-10-19-17(15)13-5-7-14(8-6-13)18(2,3)4;1-4(6)3-5(2)7;/h5,7-11H,1-4H3;3,6H,1-2H3;/q-1;;. The summed E-state index contributed by atoms with van der Waals surface area (Å²) in [6.07, 6.45) is 2.95. The fraction of sp³-hybridized carbons (Fsp3) is 0.304. The van der Waals surface area contributed by atoms with E-state index in [1.54, 1.807) is 6.20 Å². The molecular weight excluding hydrogens is 530 g/mol. The van der Waals surface area contributed by atoms with Gasteiger partial charge in [0.2, 0.25) is 0 Å². The van der Waals surface area contributed by atoms with Crippen molar-refractivity contribution in [2.45, 2.75) is 47.0 Å². The molecule has 151 valence electrons. The van der Waals surface area contributed by atoms with E-state index in [0.29, 0.717) is 0 Å². The minimum Gasteiger partial charge on any atom is -0.512 e. The van der Waals surface area contributed by atoms with Crippen LogP contribution in [0.3, 0.4) is 0 Å². The van der Waals surface area contributed by atoms with Crippen LogP contribution in [-0.2, 0) is 30.3 Å². The fourth-order valence-electron chi connectivity index (χ4n) is 2.64. The number of rotatable bonds is 2. The van der Waals surface area contributed by atoms with E-state index in [2.05, 4.69) is 50.0 Å². The summed E-state index contributed by atoms with van der Waals surface area (Å²) in [5, 5.41) is 9.41. The van der Waals surface area contributed by atoms with Crippen molar-refractivity contribution >= 4 is 16.8 Å². The zero-order valence-corrected chi connectivity index (χ0v) is 19.5. The number of hydrogen-bond donors (Lipinski definition) is 1. The molecule has 2 aromatic heterocycles. The van der Waals surface area contributed by atoms with E-state index in [-0.39, 0.29) is 37.1 Å². The molecule has 0 fully saturated rings. The number of aliphatic hydroxyl groups excluding tert-OH is 1. The van der Waals surface area contributed by atoms with E-state index in [1.807, 2.05) is 19.1 Å². The predicted octanol–water partition coefficient (Wildman–Crippen LogP) is 5.94. The largest absolute Gasteiger partial charge is 0.512 e. The molecule has 0 atom stereocenters. The average molecular weight is 557 g/mol. The molecule has 2 heterocycles. The number of aliphatic hydroxyl groups is 1. The van der Waals surface area contributed by atoms with Gasteiger partial charge in [0, 0.05) is 37.8 Å². The third kappa shape index (κ3) is 6.43. The van der Waals surface area contributed by atoms with Crippen molar-refractivity contribution in [3.05, 3.63) is 65.8 Å². The molecule has 0 aliphatic rings. The zero-order valence-electron chi connectivity index (χ0n) is 17.1. The number of pyridine rings is 1. The van der Waals surface area contributed by atoms with Gasteiger partial charge in [-0.05, 0) is 44.0 Å². The Balaban J connectivity index is 0.000000425. The molecule has 1 radical (unpaired) electrons. The molecule has 0 aliphatic heterocycles. The third-order valence-electron chi connectivity index (χ3n) is 3.91. The van der Waals surface area contributed by atoms with Gasteiger partial charge in [-0.25, -0.2) is 0 Å². The minimum atomic E-state index is -0.125. The number of carbonyl (C=O) groups is 1. The Hall–Kier alpha value is -2.23. The van der Waals surface area contributed by atoms with Crippen molar-refractivity contribution in [1.29, 1.82) is 0 Å². The van der Waals surface area contributed by atoms with Crippen molar-refractivity contribution in [3.63, 3.8) is 0 Å². The van der Waals surface area contributed by atoms with Crippen molar-refractivity contribution < 1.29 is 34.4 Å². The van der Waals surface area contributed by atoms with Crippen LogP contribution in [0.15, 0.2) is 52.8 Å². The number of ketones is 1. The van der Waals surface area contributed by atoms with Crippen molar-refractivity contribution in [3.8, 4) is 11.3 Å². The van der Waals surface area contributed by atoms with Gasteiger partial charge in [-0.15, -0.1) is 35.4 Å². The SMILES string of the molecule is CC(=O)C=C(C)O.Cc1cc2c(-c3[c-]cc(C(C)(C)C)cc3)nccc2o1.[Ir]. The molecule has 4 nitrogen and oxygen atoms in total. The number of fused-ring (bicyclic) bond motifs is 1. The molecule has 3 rings (SSSR count). The fourth-order valence-corrected chi connectivity index (χ4v) is 2.64. The van der Waals surface area contributed by atoms with Gasteiger partial charge in [0.05, 0.1) is 5.76 Å². The second-order valence-corrected chi connectivity index (χ2v) is 7.57. The first kappa shape index (κ1) is 23.8. The summed E-state index contributed by atoms with van der Waals surface area (Å²) >= 11 is 0. The molecule has 1 aromatic carbocycles. The summed E-state index contributed by atoms with van der Waals surface area (Å²) in [6.45, 7) is 11.4. The summed E-state index contributed by atoms with van der Waals surface area (Å²) in [7, 11) is 0. The van der Waals surface area contributed by atoms with E-state index in [4.69, 9.17) is 9.52 Å². The van der Waals surface area contributed by atoms with Crippen LogP contribution in [0.2, 0.25) is 0 Å². The van der Waals surface area contributed by atoms with Gasteiger partial charge in [-0.2, -0.15) is 0 Å². The van der Waals surface area contributed by atoms with E-state index in [9.17, 15) is 4.79 Å². The molecule has 0 aliphatic carbocycles. The smallest absolute Gasteiger partial charge is 0.155 e. The normalized spacial score (nSPS) is 11.4. The van der Waals surface area contributed by atoms with Crippen LogP contribution in [0.5, 0.6) is 0 Å². The van der Waals surface area contributed by atoms with Crippen LogP contribution in [0, 0.1) is 13.0 Å². The van der Waals surface area contributed by atoms with Gasteiger partial charge in [0.25, 0.3) is 0 Å². The monoisotopic (exact) mass is 557 g/mol. The zero-order chi connectivity index (χ0) is 20.2. The molecule has 0 unspecified atom stereocenters. The summed E-state index contributed by atoms with van der Waals surface area (Å²) < 4.78 is 5.65. The molecule has 0 saturated carbocycles. The van der Waals surface area contributed by atoms with Crippen LogP contribution in [0.25, 0.3) is 22.2 Å². The average Bonchev–Trinajstić information content (AvgIpc) is 2.93. The number of aryl methyl sites for hydroxylation is 1. The first-order chi connectivity index (χ1) is 12.6. The van der Waals surface area contributed by atoms with Gasteiger partial charge in [0.1, 0.15) is 11.3 Å². The van der Waals surface area contributed by atoms with Crippen LogP contribution in [-0.4, -0.2) is 15.9 Å². The molecule has 0 spiro atoms. The topological polar surface area (TPSA) is 63.3 Å². The molecule has 1 N–H and O–H groups in total. The quantitative estimate of drug-likeness (QED) is 0.241. The number of hydrogen-bond acceptors (Lipinski definition) is 4. The molecule has 5 heteroatoms. The van der Waals surface area contributed by atoms with Gasteiger partial charge >= 0.3 is 0 Å². The Morgan fingerprint density at radius 1 is 1.21 bits per heavy atom. The van der Waals surface area contributed by atoms with Gasteiger partial charge in [0.15, 0.2) is 5.78 Å². The van der Waals surface area contributed by atoms with Crippen molar-refractivity contribution in [1.82, 2.24) is 4.98 Å². The van der Waals surface area contributed by atoms with Crippen molar-refractivity contribution in [2.24, 2.45) is 0 Å². The van der Waals surface area contributed by atoms with Crippen LogP contribution < -0.4 is 0 Å². The van der Waals surface area contributed by atoms with Crippen LogP contribution in [0.1, 0.15) is 45.9 Å². The Labute approximate surface area is 180 Å². The van der Waals surface area contributed by atoms with E-state index in [1.165, 1.54) is 25.5 Å². The summed E-state index contributed by atoms with van der Waals surface area (Å²) in [5.41, 5.74) is 4.22. The maximum Gasteiger partial charge on any atom is 0.155 e. The Kier molecular flexibility index (Phi) is 8.34. The summed E-state index contributed by atoms with van der Waals surface area (Å²) in [5.74, 6) is 0.841. The van der Waals surface area contributed by atoms with Gasteiger partial charge in [-0.3, -0.25) is 4.79 Å². The molecule has 0 bridgehead atoms.